The predicted molar refractivity (Wildman–Crippen MR) is 121 cm³/mol. The number of rotatable bonds is 5. The van der Waals surface area contributed by atoms with Crippen LogP contribution in [0.15, 0.2) is 48.5 Å². The Labute approximate surface area is 173 Å². The van der Waals surface area contributed by atoms with Crippen molar-refractivity contribution in [2.24, 2.45) is 0 Å². The zero-order valence-electron chi connectivity index (χ0n) is 16.8. The quantitative estimate of drug-likeness (QED) is 0.628. The lowest BCUT2D eigenvalue weighted by Crippen LogP contribution is -2.46. The average Bonchev–Trinajstić information content (AvgIpc) is 2.78. The molecule has 0 N–H and O–H groups in total. The molecule has 29 heavy (non-hydrogen) atoms. The average molecular weight is 394 g/mol. The summed E-state index contributed by atoms with van der Waals surface area (Å²) in [6.07, 6.45) is 0. The van der Waals surface area contributed by atoms with Gasteiger partial charge in [-0.25, -0.2) is 4.98 Å². The number of benzene rings is 2. The minimum atomic E-state index is 0. The van der Waals surface area contributed by atoms with Crippen LogP contribution in [0, 0.1) is 0 Å². The van der Waals surface area contributed by atoms with E-state index in [1.165, 1.54) is 10.8 Å². The molecule has 4 rings (SSSR count). The normalized spacial score (nSPS) is 14.5. The Kier molecular flexibility index (Phi) is 6.60. The van der Waals surface area contributed by atoms with Gasteiger partial charge in [-0.1, -0.05) is 38.6 Å². The van der Waals surface area contributed by atoms with Crippen molar-refractivity contribution in [1.29, 1.82) is 0 Å². The molecule has 1 fully saturated rings. The topological polar surface area (TPSA) is 37.8 Å². The van der Waals surface area contributed by atoms with Gasteiger partial charge in [0, 0.05) is 43.2 Å². The molecule has 5 heteroatoms. The summed E-state index contributed by atoms with van der Waals surface area (Å²) < 4.78 is 11.0. The van der Waals surface area contributed by atoms with Crippen LogP contribution in [0.4, 0.5) is 5.82 Å². The summed E-state index contributed by atoms with van der Waals surface area (Å²) in [4.78, 5) is 9.99. The van der Waals surface area contributed by atoms with Crippen LogP contribution in [0.5, 0.6) is 11.5 Å². The maximum atomic E-state index is 5.63. The highest BCUT2D eigenvalue weighted by atomic mass is 16.5. The SMILES string of the molecule is C.CCN1CCN(c2nc(-c3ccc(OC)cc3OC)cc3ccccc23)CC1. The monoisotopic (exact) mass is 393 g/mol. The van der Waals surface area contributed by atoms with E-state index in [1.807, 2.05) is 18.2 Å². The standard InChI is InChI=1S/C23H27N3O2.CH4/c1-4-25-11-13-26(14-12-25)23-19-8-6-5-7-17(19)15-21(24-23)20-10-9-18(27-2)16-22(20)28-3;/h5-10,15-16H,4,11-14H2,1-3H3;1H4. The van der Waals surface area contributed by atoms with Gasteiger partial charge in [-0.05, 0) is 30.1 Å². The van der Waals surface area contributed by atoms with E-state index in [0.717, 1.165) is 61.3 Å². The maximum absolute atomic E-state index is 5.63. The molecule has 154 valence electrons. The molecular weight excluding hydrogens is 362 g/mol. The zero-order chi connectivity index (χ0) is 19.5. The smallest absolute Gasteiger partial charge is 0.137 e. The van der Waals surface area contributed by atoms with Gasteiger partial charge in [0.05, 0.1) is 19.9 Å². The van der Waals surface area contributed by atoms with Gasteiger partial charge in [0.2, 0.25) is 0 Å². The van der Waals surface area contributed by atoms with Crippen LogP contribution in [0.3, 0.4) is 0 Å². The van der Waals surface area contributed by atoms with E-state index in [4.69, 9.17) is 14.5 Å². The molecule has 3 aromatic rings. The summed E-state index contributed by atoms with van der Waals surface area (Å²) in [5.74, 6) is 2.60. The number of likely N-dealkylation sites (N-methyl/N-ethyl adjacent to an activating group) is 1. The highest BCUT2D eigenvalue weighted by Gasteiger charge is 2.20. The van der Waals surface area contributed by atoms with Crippen LogP contribution in [0.25, 0.3) is 22.0 Å². The summed E-state index contributed by atoms with van der Waals surface area (Å²) in [7, 11) is 3.35. The molecule has 1 aromatic heterocycles. The predicted octanol–water partition coefficient (Wildman–Crippen LogP) is 4.70. The van der Waals surface area contributed by atoms with Crippen molar-refractivity contribution in [3.63, 3.8) is 0 Å². The van der Waals surface area contributed by atoms with Crippen molar-refractivity contribution in [2.75, 3.05) is 51.8 Å². The summed E-state index contributed by atoms with van der Waals surface area (Å²) >= 11 is 0. The van der Waals surface area contributed by atoms with Gasteiger partial charge in [-0.15, -0.1) is 0 Å². The van der Waals surface area contributed by atoms with Crippen LogP contribution in [0.1, 0.15) is 14.4 Å². The molecule has 0 atom stereocenters. The molecule has 2 heterocycles. The van der Waals surface area contributed by atoms with E-state index in [0.29, 0.717) is 0 Å². The van der Waals surface area contributed by atoms with Crippen molar-refractivity contribution < 1.29 is 9.47 Å². The Morgan fingerprint density at radius 3 is 2.38 bits per heavy atom. The summed E-state index contributed by atoms with van der Waals surface area (Å²) in [6, 6.07) is 16.5. The van der Waals surface area contributed by atoms with Gasteiger partial charge in [0.25, 0.3) is 0 Å². The number of fused-ring (bicyclic) bond motifs is 1. The Balaban J connectivity index is 0.00000240. The van der Waals surface area contributed by atoms with E-state index in [9.17, 15) is 0 Å². The van der Waals surface area contributed by atoms with E-state index >= 15 is 0 Å². The first-order valence-electron chi connectivity index (χ1n) is 9.83. The van der Waals surface area contributed by atoms with Crippen LogP contribution < -0.4 is 14.4 Å². The van der Waals surface area contributed by atoms with Crippen molar-refractivity contribution in [1.82, 2.24) is 9.88 Å². The van der Waals surface area contributed by atoms with E-state index in [2.05, 4.69) is 47.1 Å². The number of nitrogens with zero attached hydrogens (tertiary/aromatic N) is 3. The third kappa shape index (κ3) is 4.15. The number of hydrogen-bond acceptors (Lipinski definition) is 5. The Bertz CT molecular complexity index is 965. The third-order valence-electron chi connectivity index (χ3n) is 5.52. The first-order chi connectivity index (χ1) is 13.7. The second-order valence-corrected chi connectivity index (χ2v) is 7.04. The molecule has 0 amide bonds. The molecule has 1 aliphatic heterocycles. The van der Waals surface area contributed by atoms with Gasteiger partial charge >= 0.3 is 0 Å². The fraction of sp³-hybridized carbons (Fsp3) is 0.375. The molecular formula is C24H31N3O2. The first-order valence-corrected chi connectivity index (χ1v) is 9.83. The molecule has 0 unspecified atom stereocenters. The third-order valence-corrected chi connectivity index (χ3v) is 5.52. The zero-order valence-corrected chi connectivity index (χ0v) is 16.8. The van der Waals surface area contributed by atoms with Gasteiger partial charge in [0.1, 0.15) is 17.3 Å². The number of piperazine rings is 1. The molecule has 2 aromatic carbocycles. The Morgan fingerprint density at radius 1 is 0.931 bits per heavy atom. The van der Waals surface area contributed by atoms with Crippen LogP contribution in [0.2, 0.25) is 0 Å². The maximum Gasteiger partial charge on any atom is 0.137 e. The van der Waals surface area contributed by atoms with Crippen molar-refractivity contribution >= 4 is 16.6 Å². The lowest BCUT2D eigenvalue weighted by Gasteiger charge is -2.35. The summed E-state index contributed by atoms with van der Waals surface area (Å²) in [5.41, 5.74) is 1.90. The molecule has 1 saturated heterocycles. The number of ether oxygens (including phenoxy) is 2. The van der Waals surface area contributed by atoms with Crippen LogP contribution >= 0.6 is 0 Å². The number of methoxy groups -OCH3 is 2. The molecule has 0 radical (unpaired) electrons. The largest absolute Gasteiger partial charge is 0.497 e. The molecule has 0 aliphatic carbocycles. The fourth-order valence-corrected chi connectivity index (χ4v) is 3.85. The Hall–Kier alpha value is -2.79. The van der Waals surface area contributed by atoms with Crippen LogP contribution in [-0.4, -0.2) is 56.8 Å². The van der Waals surface area contributed by atoms with Crippen molar-refractivity contribution in [3.05, 3.63) is 48.5 Å². The van der Waals surface area contributed by atoms with Gasteiger partial charge in [-0.3, -0.25) is 0 Å². The molecule has 0 spiro atoms. The molecule has 1 aliphatic rings. The lowest BCUT2D eigenvalue weighted by molar-refractivity contribution is 0.271. The second kappa shape index (κ2) is 9.14. The minimum Gasteiger partial charge on any atom is -0.497 e. The van der Waals surface area contributed by atoms with Crippen LogP contribution in [-0.2, 0) is 0 Å². The molecule has 5 nitrogen and oxygen atoms in total. The Morgan fingerprint density at radius 2 is 1.69 bits per heavy atom. The highest BCUT2D eigenvalue weighted by Crippen LogP contribution is 2.36. The van der Waals surface area contributed by atoms with Crippen molar-refractivity contribution in [3.8, 4) is 22.8 Å². The number of anilines is 1. The molecule has 0 saturated carbocycles. The van der Waals surface area contributed by atoms with E-state index in [1.54, 1.807) is 14.2 Å². The van der Waals surface area contributed by atoms with Gasteiger partial charge < -0.3 is 19.3 Å². The fourth-order valence-electron chi connectivity index (χ4n) is 3.85. The number of pyridine rings is 1. The molecule has 0 bridgehead atoms. The summed E-state index contributed by atoms with van der Waals surface area (Å²) in [6.45, 7) is 7.46. The van der Waals surface area contributed by atoms with Crippen molar-refractivity contribution in [2.45, 2.75) is 14.4 Å². The van der Waals surface area contributed by atoms with Gasteiger partial charge in [0.15, 0.2) is 0 Å². The van der Waals surface area contributed by atoms with E-state index in [-0.39, 0.29) is 7.43 Å². The number of aromatic nitrogens is 1. The number of hydrogen-bond donors (Lipinski definition) is 0. The van der Waals surface area contributed by atoms with Gasteiger partial charge in [-0.2, -0.15) is 0 Å². The van der Waals surface area contributed by atoms with E-state index < -0.39 is 0 Å². The highest BCUT2D eigenvalue weighted by molar-refractivity contribution is 5.95. The first kappa shape index (κ1) is 20.9. The minimum absolute atomic E-state index is 0. The second-order valence-electron chi connectivity index (χ2n) is 7.04. The summed E-state index contributed by atoms with van der Waals surface area (Å²) in [5, 5.41) is 2.39. The lowest BCUT2D eigenvalue weighted by atomic mass is 10.0.